The summed E-state index contributed by atoms with van der Waals surface area (Å²) < 4.78 is 2.59. The van der Waals surface area contributed by atoms with Crippen molar-refractivity contribution in [2.45, 2.75) is 105 Å². The van der Waals surface area contributed by atoms with Gasteiger partial charge < -0.3 is 14.6 Å². The Morgan fingerprint density at radius 3 is 1.46 bits per heavy atom. The summed E-state index contributed by atoms with van der Waals surface area (Å²) in [5, 5.41) is 2.57. The molecule has 0 unspecified atom stereocenters. The SMILES string of the molecule is CC(C)(C)c1ccc(N2B3c4cc5sc6ccccc6c5cc4N(c4ccc(C(C)(C)C)cc4-c4ccccc4)c4cc(-c5ccccc5)cc(c43)-c3cc(N(c4ccc(C(C)(C)C)cc4)c4ccc(C(C)(C)C)cc4)ccc32)cc1. The molecule has 0 amide bonds. The van der Waals surface area contributed by atoms with Crippen molar-refractivity contribution in [3.8, 4) is 33.4 Å². The normalized spacial score (nSPS) is 13.4. The Hall–Kier alpha value is -8.12. The van der Waals surface area contributed by atoms with Gasteiger partial charge in [0.1, 0.15) is 0 Å². The van der Waals surface area contributed by atoms with Crippen LogP contribution >= 0.6 is 11.3 Å². The molecule has 0 atom stereocenters. The van der Waals surface area contributed by atoms with Gasteiger partial charge in [0, 0.05) is 71.1 Å². The lowest BCUT2D eigenvalue weighted by Gasteiger charge is -2.46. The van der Waals surface area contributed by atoms with E-state index in [0.29, 0.717) is 0 Å². The summed E-state index contributed by atoms with van der Waals surface area (Å²) in [6.07, 6.45) is 0. The van der Waals surface area contributed by atoms with Crippen LogP contribution in [-0.2, 0) is 21.7 Å². The summed E-state index contributed by atoms with van der Waals surface area (Å²) in [5.41, 5.74) is 24.2. The molecular weight excluding hydrogens is 998 g/mol. The van der Waals surface area contributed by atoms with Gasteiger partial charge in [-0.1, -0.05) is 204 Å². The Bertz CT molecular complexity index is 4130. The minimum atomic E-state index is -0.181. The third-order valence-corrected chi connectivity index (χ3v) is 18.2. The van der Waals surface area contributed by atoms with E-state index in [0.717, 1.165) is 28.4 Å². The van der Waals surface area contributed by atoms with Crippen LogP contribution in [0.2, 0.25) is 0 Å². The lowest BCUT2D eigenvalue weighted by atomic mass is 9.43. The first-order chi connectivity index (χ1) is 38.7. The van der Waals surface area contributed by atoms with Gasteiger partial charge in [-0.05, 0) is 174 Å². The number of rotatable bonds is 7. The lowest BCUT2D eigenvalue weighted by Crippen LogP contribution is -2.61. The number of anilines is 8. The topological polar surface area (TPSA) is 9.72 Å². The molecule has 2 aliphatic heterocycles. The van der Waals surface area contributed by atoms with Gasteiger partial charge in [-0.2, -0.15) is 0 Å². The van der Waals surface area contributed by atoms with E-state index in [9.17, 15) is 0 Å². The molecule has 0 fully saturated rings. The molecule has 81 heavy (non-hydrogen) atoms. The third kappa shape index (κ3) is 9.24. The molecular formula is C76H72BN3S. The van der Waals surface area contributed by atoms with Crippen molar-refractivity contribution >= 4 is 94.8 Å². The summed E-state index contributed by atoms with van der Waals surface area (Å²) in [6, 6.07) is 83.6. The molecule has 5 heteroatoms. The van der Waals surface area contributed by atoms with Crippen molar-refractivity contribution < 1.29 is 0 Å². The first kappa shape index (κ1) is 52.3. The molecule has 3 heterocycles. The van der Waals surface area contributed by atoms with Crippen LogP contribution in [0.4, 0.5) is 45.5 Å². The average molecular weight is 1070 g/mol. The van der Waals surface area contributed by atoms with Gasteiger partial charge in [-0.3, -0.25) is 0 Å². The standard InChI is InChI=1S/C76H72BN3S/c1-73(2,3)52-27-34-56(35-28-52)78(57-36-29-53(30-37-57)74(4,5)6)59-40-42-67-62(46-59)64-43-51(49-21-15-13-16-22-49)44-69-72(64)77(80(67)58-38-31-54(32-39-58)75(7,8)9)65-48-71-63(60-25-19-20-26-70(60)81-71)47-68(65)79(69)66-41-33-55(76(10,11)12)45-61(66)50-23-17-14-18-24-50/h13-48H,1-12H3. The predicted molar refractivity (Wildman–Crippen MR) is 353 cm³/mol. The molecule has 0 radical (unpaired) electrons. The summed E-state index contributed by atoms with van der Waals surface area (Å²) in [4.78, 5) is 7.79. The minimum Gasteiger partial charge on any atom is -0.376 e. The Balaban J connectivity index is 1.15. The molecule has 2 aliphatic rings. The van der Waals surface area contributed by atoms with Crippen LogP contribution in [0.1, 0.15) is 105 Å². The maximum absolute atomic E-state index is 2.68. The quantitative estimate of drug-likeness (QED) is 0.147. The Kier molecular flexibility index (Phi) is 12.4. The summed E-state index contributed by atoms with van der Waals surface area (Å²) in [6.45, 7) is 27.5. The lowest BCUT2D eigenvalue weighted by molar-refractivity contribution is 0.590. The number of fused-ring (bicyclic) bond motifs is 7. The molecule has 13 rings (SSSR count). The van der Waals surface area contributed by atoms with Gasteiger partial charge in [-0.25, -0.2) is 0 Å². The molecule has 0 aliphatic carbocycles. The molecule has 400 valence electrons. The summed E-state index contributed by atoms with van der Waals surface area (Å²) in [7, 11) is 0. The fraction of sp³-hybridized carbons (Fsp3) is 0.211. The number of benzene rings is 10. The van der Waals surface area contributed by atoms with Crippen LogP contribution in [0, 0.1) is 0 Å². The molecule has 10 aromatic carbocycles. The number of hydrogen-bond donors (Lipinski definition) is 0. The number of thiophene rings is 1. The van der Waals surface area contributed by atoms with Crippen molar-refractivity contribution in [1.29, 1.82) is 0 Å². The van der Waals surface area contributed by atoms with Crippen LogP contribution in [-0.4, -0.2) is 6.85 Å². The zero-order valence-electron chi connectivity index (χ0n) is 49.1. The van der Waals surface area contributed by atoms with Crippen molar-refractivity contribution in [2.75, 3.05) is 14.6 Å². The average Bonchev–Trinajstić information content (AvgIpc) is 3.28. The second-order valence-electron chi connectivity index (χ2n) is 26.7. The molecule has 1 aromatic heterocycles. The monoisotopic (exact) mass is 1070 g/mol. The Labute approximate surface area is 485 Å². The molecule has 0 saturated carbocycles. The van der Waals surface area contributed by atoms with Gasteiger partial charge in [0.25, 0.3) is 0 Å². The van der Waals surface area contributed by atoms with Crippen molar-refractivity contribution in [2.24, 2.45) is 0 Å². The predicted octanol–water partition coefficient (Wildman–Crippen LogP) is 20.8. The highest BCUT2D eigenvalue weighted by atomic mass is 32.1. The van der Waals surface area contributed by atoms with E-state index in [4.69, 9.17) is 0 Å². The first-order valence-electron chi connectivity index (χ1n) is 28.9. The van der Waals surface area contributed by atoms with Crippen molar-refractivity contribution in [1.82, 2.24) is 0 Å². The van der Waals surface area contributed by atoms with E-state index in [2.05, 4.69) is 316 Å². The smallest absolute Gasteiger partial charge is 0.333 e. The van der Waals surface area contributed by atoms with Gasteiger partial charge in [0.05, 0.1) is 5.69 Å². The number of hydrogen-bond acceptors (Lipinski definition) is 4. The highest BCUT2D eigenvalue weighted by Gasteiger charge is 2.46. The highest BCUT2D eigenvalue weighted by Crippen LogP contribution is 2.53. The van der Waals surface area contributed by atoms with E-state index in [1.54, 1.807) is 0 Å². The van der Waals surface area contributed by atoms with Gasteiger partial charge in [0.15, 0.2) is 0 Å². The largest absolute Gasteiger partial charge is 0.376 e. The maximum Gasteiger partial charge on any atom is 0.333 e. The molecule has 0 saturated heterocycles. The molecule has 11 aromatic rings. The Morgan fingerprint density at radius 1 is 0.346 bits per heavy atom. The molecule has 3 nitrogen and oxygen atoms in total. The van der Waals surface area contributed by atoms with E-state index in [-0.39, 0.29) is 28.5 Å². The Morgan fingerprint density at radius 2 is 0.864 bits per heavy atom. The summed E-state index contributed by atoms with van der Waals surface area (Å²) in [5.74, 6) is 0. The molecule has 0 bridgehead atoms. The summed E-state index contributed by atoms with van der Waals surface area (Å²) >= 11 is 1.90. The minimum absolute atomic E-state index is 0.00973. The first-order valence-corrected chi connectivity index (χ1v) is 29.7. The van der Waals surface area contributed by atoms with E-state index in [1.165, 1.54) is 104 Å². The van der Waals surface area contributed by atoms with Crippen LogP contribution in [0.15, 0.2) is 218 Å². The zero-order valence-corrected chi connectivity index (χ0v) is 49.9. The third-order valence-electron chi connectivity index (χ3n) is 17.1. The van der Waals surface area contributed by atoms with E-state index >= 15 is 0 Å². The van der Waals surface area contributed by atoms with Crippen LogP contribution in [0.3, 0.4) is 0 Å². The van der Waals surface area contributed by atoms with Crippen molar-refractivity contribution in [3.05, 3.63) is 241 Å². The fourth-order valence-corrected chi connectivity index (χ4v) is 13.6. The van der Waals surface area contributed by atoms with Crippen molar-refractivity contribution in [3.63, 3.8) is 0 Å². The maximum atomic E-state index is 2.68. The zero-order chi connectivity index (χ0) is 56.3. The van der Waals surface area contributed by atoms with Gasteiger partial charge in [0.2, 0.25) is 0 Å². The fourth-order valence-electron chi connectivity index (χ4n) is 12.5. The highest BCUT2D eigenvalue weighted by molar-refractivity contribution is 7.26. The van der Waals surface area contributed by atoms with Crippen LogP contribution in [0.25, 0.3) is 53.6 Å². The number of nitrogens with zero attached hydrogens (tertiary/aromatic N) is 3. The van der Waals surface area contributed by atoms with E-state index < -0.39 is 0 Å². The second-order valence-corrected chi connectivity index (χ2v) is 27.8. The van der Waals surface area contributed by atoms with E-state index in [1.807, 2.05) is 11.3 Å². The second kappa shape index (κ2) is 19.3. The van der Waals surface area contributed by atoms with Gasteiger partial charge >= 0.3 is 6.85 Å². The van der Waals surface area contributed by atoms with Crippen LogP contribution < -0.4 is 25.5 Å². The molecule has 0 spiro atoms. The molecule has 0 N–H and O–H groups in total. The van der Waals surface area contributed by atoms with Gasteiger partial charge in [-0.15, -0.1) is 11.3 Å². The van der Waals surface area contributed by atoms with Crippen LogP contribution in [0.5, 0.6) is 0 Å².